The van der Waals surface area contributed by atoms with Gasteiger partial charge in [-0.2, -0.15) is 8.42 Å². The summed E-state index contributed by atoms with van der Waals surface area (Å²) in [5.74, 6) is 0. The van der Waals surface area contributed by atoms with Gasteiger partial charge < -0.3 is 5.11 Å². The van der Waals surface area contributed by atoms with Crippen molar-refractivity contribution in [3.8, 4) is 0 Å². The van der Waals surface area contributed by atoms with Gasteiger partial charge in [0, 0.05) is 5.41 Å². The van der Waals surface area contributed by atoms with Gasteiger partial charge in [0.2, 0.25) is 0 Å². The molecule has 0 aliphatic heterocycles. The molecule has 1 rings (SSSR count). The summed E-state index contributed by atoms with van der Waals surface area (Å²) >= 11 is 0. The zero-order chi connectivity index (χ0) is 9.41. The molecule has 0 spiro atoms. The maximum Gasteiger partial charge on any atom is 0.292 e. The minimum Gasteiger partial charge on any atom is -0.375 e. The third-order valence-electron chi connectivity index (χ3n) is 2.62. The van der Waals surface area contributed by atoms with Crippen molar-refractivity contribution in [1.82, 2.24) is 0 Å². The van der Waals surface area contributed by atoms with E-state index in [0.29, 0.717) is 12.8 Å². The van der Waals surface area contributed by atoms with Crippen molar-refractivity contribution in [2.75, 3.05) is 0 Å². The lowest BCUT2D eigenvalue weighted by molar-refractivity contribution is 0.0988. The standard InChI is InChI=1S/C7H14O4S/c1-7(4-2-3-5-7)6(8)12(9,10)11/h6,8H,2-5H2,1H3,(H,9,10,11). The molecule has 1 atom stereocenters. The predicted octanol–water partition coefficient (Wildman–Crippen LogP) is 0.773. The predicted molar refractivity (Wildman–Crippen MR) is 44.1 cm³/mol. The topological polar surface area (TPSA) is 74.6 Å². The number of rotatable bonds is 2. The lowest BCUT2D eigenvalue weighted by atomic mass is 9.90. The highest BCUT2D eigenvalue weighted by atomic mass is 32.2. The zero-order valence-corrected chi connectivity index (χ0v) is 7.84. The highest BCUT2D eigenvalue weighted by Crippen LogP contribution is 2.41. The molecular weight excluding hydrogens is 180 g/mol. The van der Waals surface area contributed by atoms with Gasteiger partial charge in [0.05, 0.1) is 0 Å². The molecule has 0 bridgehead atoms. The van der Waals surface area contributed by atoms with Crippen molar-refractivity contribution in [2.45, 2.75) is 38.0 Å². The summed E-state index contributed by atoms with van der Waals surface area (Å²) in [6, 6.07) is 0. The summed E-state index contributed by atoms with van der Waals surface area (Å²) in [7, 11) is -4.29. The molecule has 72 valence electrons. The molecule has 12 heavy (non-hydrogen) atoms. The molecule has 0 aromatic heterocycles. The van der Waals surface area contributed by atoms with Crippen LogP contribution in [0.15, 0.2) is 0 Å². The first-order valence-corrected chi connectivity index (χ1v) is 5.51. The Morgan fingerprint density at radius 3 is 2.08 bits per heavy atom. The highest BCUT2D eigenvalue weighted by molar-refractivity contribution is 7.86. The van der Waals surface area contributed by atoms with Crippen LogP contribution in [0.3, 0.4) is 0 Å². The quantitative estimate of drug-likeness (QED) is 0.637. The van der Waals surface area contributed by atoms with E-state index in [-0.39, 0.29) is 0 Å². The van der Waals surface area contributed by atoms with Gasteiger partial charge >= 0.3 is 0 Å². The number of aliphatic hydroxyl groups is 1. The Labute approximate surface area is 72.3 Å². The molecule has 1 aliphatic rings. The van der Waals surface area contributed by atoms with Crippen LogP contribution in [0.5, 0.6) is 0 Å². The Bertz CT molecular complexity index is 251. The van der Waals surface area contributed by atoms with Crippen LogP contribution in [0.25, 0.3) is 0 Å². The van der Waals surface area contributed by atoms with Gasteiger partial charge in [-0.05, 0) is 12.8 Å². The van der Waals surface area contributed by atoms with Crippen molar-refractivity contribution in [2.24, 2.45) is 5.41 Å². The van der Waals surface area contributed by atoms with Crippen LogP contribution in [0, 0.1) is 5.41 Å². The Kier molecular flexibility index (Phi) is 2.47. The Hall–Kier alpha value is -0.130. The summed E-state index contributed by atoms with van der Waals surface area (Å²) in [6.07, 6.45) is 3.16. The Balaban J connectivity index is 2.82. The lowest BCUT2D eigenvalue weighted by Gasteiger charge is -2.26. The molecule has 4 nitrogen and oxygen atoms in total. The third kappa shape index (κ3) is 1.78. The van der Waals surface area contributed by atoms with Crippen molar-refractivity contribution in [3.05, 3.63) is 0 Å². The maximum atomic E-state index is 10.6. The van der Waals surface area contributed by atoms with Gasteiger partial charge in [0.1, 0.15) is 0 Å². The van der Waals surface area contributed by atoms with Crippen molar-refractivity contribution in [3.63, 3.8) is 0 Å². The van der Waals surface area contributed by atoms with Gasteiger partial charge in [0.25, 0.3) is 10.1 Å². The van der Waals surface area contributed by atoms with E-state index < -0.39 is 21.0 Å². The molecule has 2 N–H and O–H groups in total. The highest BCUT2D eigenvalue weighted by Gasteiger charge is 2.42. The number of hydrogen-bond donors (Lipinski definition) is 2. The molecule has 0 aromatic carbocycles. The smallest absolute Gasteiger partial charge is 0.292 e. The van der Waals surface area contributed by atoms with Crippen LogP contribution in [-0.2, 0) is 10.1 Å². The Morgan fingerprint density at radius 2 is 1.75 bits per heavy atom. The monoisotopic (exact) mass is 194 g/mol. The fourth-order valence-electron chi connectivity index (χ4n) is 1.79. The van der Waals surface area contributed by atoms with E-state index in [1.807, 2.05) is 0 Å². The first-order chi connectivity index (χ1) is 5.36. The Morgan fingerprint density at radius 1 is 1.33 bits per heavy atom. The van der Waals surface area contributed by atoms with Crippen LogP contribution in [0.1, 0.15) is 32.6 Å². The van der Waals surface area contributed by atoms with E-state index in [1.54, 1.807) is 6.92 Å². The molecule has 5 heteroatoms. The van der Waals surface area contributed by atoms with Crippen LogP contribution >= 0.6 is 0 Å². The van der Waals surface area contributed by atoms with E-state index >= 15 is 0 Å². The molecule has 0 aromatic rings. The van der Waals surface area contributed by atoms with Gasteiger partial charge in [-0.3, -0.25) is 4.55 Å². The largest absolute Gasteiger partial charge is 0.375 e. The average molecular weight is 194 g/mol. The second-order valence-electron chi connectivity index (χ2n) is 3.73. The summed E-state index contributed by atoms with van der Waals surface area (Å²) in [6.45, 7) is 1.69. The van der Waals surface area contributed by atoms with Gasteiger partial charge in [-0.1, -0.05) is 19.8 Å². The molecule has 1 fully saturated rings. The van der Waals surface area contributed by atoms with Gasteiger partial charge in [-0.15, -0.1) is 0 Å². The second kappa shape index (κ2) is 2.97. The van der Waals surface area contributed by atoms with E-state index in [0.717, 1.165) is 12.8 Å². The molecule has 0 amide bonds. The summed E-state index contributed by atoms with van der Waals surface area (Å²) < 4.78 is 29.9. The first kappa shape index (κ1) is 9.95. The zero-order valence-electron chi connectivity index (χ0n) is 7.02. The minimum atomic E-state index is -4.29. The second-order valence-corrected chi connectivity index (χ2v) is 5.20. The van der Waals surface area contributed by atoms with Crippen molar-refractivity contribution in [1.29, 1.82) is 0 Å². The third-order valence-corrected chi connectivity index (χ3v) is 3.76. The molecule has 0 heterocycles. The van der Waals surface area contributed by atoms with Crippen LogP contribution in [0.4, 0.5) is 0 Å². The molecule has 0 saturated heterocycles. The fraction of sp³-hybridized carbons (Fsp3) is 1.00. The van der Waals surface area contributed by atoms with Gasteiger partial charge in [0.15, 0.2) is 5.44 Å². The first-order valence-electron chi connectivity index (χ1n) is 4.01. The normalized spacial score (nSPS) is 25.6. The lowest BCUT2D eigenvalue weighted by Crippen LogP contribution is -2.36. The number of aliphatic hydroxyl groups excluding tert-OH is 1. The molecular formula is C7H14O4S. The maximum absolute atomic E-state index is 10.6. The van der Waals surface area contributed by atoms with Crippen LogP contribution < -0.4 is 0 Å². The molecule has 1 aliphatic carbocycles. The minimum absolute atomic E-state index is 0.645. The average Bonchev–Trinajstić information content (AvgIpc) is 2.34. The summed E-state index contributed by atoms with van der Waals surface area (Å²) in [4.78, 5) is 0. The summed E-state index contributed by atoms with van der Waals surface area (Å²) in [5.41, 5.74) is -2.26. The van der Waals surface area contributed by atoms with Crippen molar-refractivity contribution >= 4 is 10.1 Å². The van der Waals surface area contributed by atoms with Gasteiger partial charge in [-0.25, -0.2) is 0 Å². The van der Waals surface area contributed by atoms with E-state index in [4.69, 9.17) is 4.55 Å². The summed E-state index contributed by atoms with van der Waals surface area (Å²) in [5, 5.41) is 9.31. The van der Waals surface area contributed by atoms with Crippen LogP contribution in [0.2, 0.25) is 0 Å². The fourth-order valence-corrected chi connectivity index (χ4v) is 2.74. The van der Waals surface area contributed by atoms with Crippen molar-refractivity contribution < 1.29 is 18.1 Å². The van der Waals surface area contributed by atoms with E-state index in [9.17, 15) is 13.5 Å². The van der Waals surface area contributed by atoms with Crippen LogP contribution in [-0.4, -0.2) is 23.5 Å². The molecule has 1 saturated carbocycles. The van der Waals surface area contributed by atoms with E-state index in [2.05, 4.69) is 0 Å². The molecule has 0 radical (unpaired) electrons. The SMILES string of the molecule is CC1(C(O)S(=O)(=O)O)CCCC1. The van der Waals surface area contributed by atoms with E-state index in [1.165, 1.54) is 0 Å². The molecule has 1 unspecified atom stereocenters. The number of hydrogen-bond acceptors (Lipinski definition) is 3.